The van der Waals surface area contributed by atoms with E-state index in [9.17, 15) is 9.90 Å². The molecule has 1 aromatic carbocycles. The maximum Gasteiger partial charge on any atom is 0.277 e. The topological polar surface area (TPSA) is 111 Å². The predicted molar refractivity (Wildman–Crippen MR) is 106 cm³/mol. The molecule has 1 aliphatic heterocycles. The zero-order chi connectivity index (χ0) is 19.8. The van der Waals surface area contributed by atoms with Crippen LogP contribution in [0.5, 0.6) is 0 Å². The molecule has 1 unspecified atom stereocenters. The largest absolute Gasteiger partial charge is 0.394 e. The Hall–Kier alpha value is -2.81. The van der Waals surface area contributed by atoms with Crippen molar-refractivity contribution in [2.45, 2.75) is 24.9 Å². The molecule has 0 spiro atoms. The molecule has 1 fully saturated rings. The SMILES string of the molecule is O=C(NO)c1cnc(N2CCC(NC(/C=C/c3ccccc3)CO)CC2)nc1. The summed E-state index contributed by atoms with van der Waals surface area (Å²) in [5, 5.41) is 21.8. The standard InChI is InChI=1S/C20H25N5O3/c26-14-18(7-6-15-4-2-1-3-5-15)23-17-8-10-25(11-9-17)20-21-12-16(13-22-20)19(27)24-28/h1-7,12-13,17-18,23,26,28H,8-11,14H2,(H,24,27)/b7-6+. The summed E-state index contributed by atoms with van der Waals surface area (Å²) in [5.74, 6) is -0.0660. The van der Waals surface area contributed by atoms with Crippen molar-refractivity contribution >= 4 is 17.9 Å². The van der Waals surface area contributed by atoms with Crippen LogP contribution in [0.1, 0.15) is 28.8 Å². The van der Waals surface area contributed by atoms with Gasteiger partial charge in [0.15, 0.2) is 0 Å². The van der Waals surface area contributed by atoms with E-state index >= 15 is 0 Å². The summed E-state index contributed by atoms with van der Waals surface area (Å²) >= 11 is 0. The summed E-state index contributed by atoms with van der Waals surface area (Å²) in [7, 11) is 0. The molecular formula is C20H25N5O3. The Bertz CT molecular complexity index is 774. The van der Waals surface area contributed by atoms with Gasteiger partial charge in [-0.25, -0.2) is 15.4 Å². The lowest BCUT2D eigenvalue weighted by Gasteiger charge is -2.33. The highest BCUT2D eigenvalue weighted by Gasteiger charge is 2.22. The minimum atomic E-state index is -0.631. The number of aliphatic hydroxyl groups excluding tert-OH is 1. The van der Waals surface area contributed by atoms with Crippen molar-refractivity contribution in [2.75, 3.05) is 24.6 Å². The van der Waals surface area contributed by atoms with Crippen LogP contribution in [0.4, 0.5) is 5.95 Å². The van der Waals surface area contributed by atoms with Gasteiger partial charge < -0.3 is 15.3 Å². The Morgan fingerprint density at radius 2 is 1.89 bits per heavy atom. The van der Waals surface area contributed by atoms with Gasteiger partial charge in [-0.2, -0.15) is 0 Å². The second-order valence-corrected chi connectivity index (χ2v) is 6.70. The molecule has 1 atom stereocenters. The van der Waals surface area contributed by atoms with Crippen LogP contribution in [0, 0.1) is 0 Å². The number of aromatic nitrogens is 2. The number of piperidine rings is 1. The summed E-state index contributed by atoms with van der Waals surface area (Å²) in [6.45, 7) is 1.61. The van der Waals surface area contributed by atoms with E-state index in [-0.39, 0.29) is 18.2 Å². The van der Waals surface area contributed by atoms with Crippen LogP contribution in [0.15, 0.2) is 48.8 Å². The average Bonchev–Trinajstić information content (AvgIpc) is 2.77. The summed E-state index contributed by atoms with van der Waals surface area (Å²) < 4.78 is 0. The molecular weight excluding hydrogens is 358 g/mol. The van der Waals surface area contributed by atoms with Gasteiger partial charge in [0.05, 0.1) is 12.2 Å². The van der Waals surface area contributed by atoms with Crippen LogP contribution < -0.4 is 15.7 Å². The molecule has 8 nitrogen and oxygen atoms in total. The number of hydrogen-bond donors (Lipinski definition) is 4. The van der Waals surface area contributed by atoms with Gasteiger partial charge in [-0.15, -0.1) is 0 Å². The van der Waals surface area contributed by atoms with Crippen LogP contribution in [0.25, 0.3) is 6.08 Å². The third kappa shape index (κ3) is 5.35. The number of anilines is 1. The van der Waals surface area contributed by atoms with Crippen molar-refractivity contribution in [1.29, 1.82) is 0 Å². The van der Waals surface area contributed by atoms with E-state index in [0.717, 1.165) is 31.5 Å². The van der Waals surface area contributed by atoms with Crippen molar-refractivity contribution in [3.63, 3.8) is 0 Å². The molecule has 2 heterocycles. The van der Waals surface area contributed by atoms with E-state index in [2.05, 4.69) is 20.2 Å². The second-order valence-electron chi connectivity index (χ2n) is 6.70. The minimum absolute atomic E-state index is 0.0427. The van der Waals surface area contributed by atoms with Gasteiger partial charge in [-0.1, -0.05) is 42.5 Å². The number of rotatable bonds is 7. The number of hydroxylamine groups is 1. The van der Waals surface area contributed by atoms with Crippen LogP contribution in [0.3, 0.4) is 0 Å². The molecule has 1 saturated heterocycles. The number of aliphatic hydroxyl groups is 1. The molecule has 8 heteroatoms. The fraction of sp³-hybridized carbons (Fsp3) is 0.350. The molecule has 0 bridgehead atoms. The number of nitrogens with zero attached hydrogens (tertiary/aromatic N) is 3. The summed E-state index contributed by atoms with van der Waals surface area (Å²) in [4.78, 5) is 21.8. The minimum Gasteiger partial charge on any atom is -0.394 e. The highest BCUT2D eigenvalue weighted by Crippen LogP contribution is 2.16. The molecule has 0 radical (unpaired) electrons. The smallest absolute Gasteiger partial charge is 0.277 e. The molecule has 2 aromatic rings. The molecule has 28 heavy (non-hydrogen) atoms. The Morgan fingerprint density at radius 1 is 1.21 bits per heavy atom. The quantitative estimate of drug-likeness (QED) is 0.420. The zero-order valence-electron chi connectivity index (χ0n) is 15.5. The first-order valence-corrected chi connectivity index (χ1v) is 9.31. The first-order valence-electron chi connectivity index (χ1n) is 9.31. The number of nitrogens with one attached hydrogen (secondary N) is 2. The molecule has 1 aromatic heterocycles. The third-order valence-corrected chi connectivity index (χ3v) is 4.75. The molecule has 1 amide bonds. The first kappa shape index (κ1) is 19.9. The molecule has 0 saturated carbocycles. The van der Waals surface area contributed by atoms with Crippen molar-refractivity contribution in [1.82, 2.24) is 20.8 Å². The molecule has 1 aliphatic rings. The monoisotopic (exact) mass is 383 g/mol. The number of benzene rings is 1. The van der Waals surface area contributed by atoms with Crippen LogP contribution >= 0.6 is 0 Å². The van der Waals surface area contributed by atoms with Gasteiger partial charge in [0.1, 0.15) is 0 Å². The van der Waals surface area contributed by atoms with Gasteiger partial charge in [-0.05, 0) is 18.4 Å². The van der Waals surface area contributed by atoms with E-state index in [1.165, 1.54) is 12.4 Å². The van der Waals surface area contributed by atoms with Crippen molar-refractivity contribution in [2.24, 2.45) is 0 Å². The van der Waals surface area contributed by atoms with Crippen molar-refractivity contribution < 1.29 is 15.1 Å². The summed E-state index contributed by atoms with van der Waals surface area (Å²) in [6.07, 6.45) is 8.61. The van der Waals surface area contributed by atoms with E-state index in [1.807, 2.05) is 42.5 Å². The molecule has 148 valence electrons. The number of amides is 1. The fourth-order valence-electron chi connectivity index (χ4n) is 3.18. The van der Waals surface area contributed by atoms with Crippen molar-refractivity contribution in [3.05, 3.63) is 59.9 Å². The van der Waals surface area contributed by atoms with Crippen LogP contribution in [-0.2, 0) is 0 Å². The Kier molecular flexibility index (Phi) is 7.07. The fourth-order valence-corrected chi connectivity index (χ4v) is 3.18. The van der Waals surface area contributed by atoms with E-state index in [4.69, 9.17) is 5.21 Å². The highest BCUT2D eigenvalue weighted by atomic mass is 16.5. The van der Waals surface area contributed by atoms with Gasteiger partial charge >= 0.3 is 0 Å². The maximum atomic E-state index is 11.3. The van der Waals surface area contributed by atoms with E-state index in [1.54, 1.807) is 5.48 Å². The van der Waals surface area contributed by atoms with Crippen LogP contribution in [-0.4, -0.2) is 58.0 Å². The Labute approximate surface area is 163 Å². The lowest BCUT2D eigenvalue weighted by atomic mass is 10.0. The first-order chi connectivity index (χ1) is 13.7. The summed E-state index contributed by atoms with van der Waals surface area (Å²) in [5.41, 5.74) is 2.88. The van der Waals surface area contributed by atoms with E-state index in [0.29, 0.717) is 12.0 Å². The highest BCUT2D eigenvalue weighted by molar-refractivity contribution is 5.92. The normalized spacial score (nSPS) is 16.3. The zero-order valence-corrected chi connectivity index (χ0v) is 15.5. The van der Waals surface area contributed by atoms with Crippen molar-refractivity contribution in [3.8, 4) is 0 Å². The van der Waals surface area contributed by atoms with Gasteiger partial charge in [0.2, 0.25) is 5.95 Å². The third-order valence-electron chi connectivity index (χ3n) is 4.75. The molecule has 0 aliphatic carbocycles. The predicted octanol–water partition coefficient (Wildman–Crippen LogP) is 1.23. The average molecular weight is 383 g/mol. The Balaban J connectivity index is 1.50. The number of carbonyl (C=O) groups excluding carboxylic acids is 1. The maximum absolute atomic E-state index is 11.3. The number of carbonyl (C=O) groups is 1. The number of hydrogen-bond acceptors (Lipinski definition) is 7. The van der Waals surface area contributed by atoms with Gasteiger partial charge in [0, 0.05) is 37.6 Å². The summed E-state index contributed by atoms with van der Waals surface area (Å²) in [6, 6.07) is 10.2. The lowest BCUT2D eigenvalue weighted by Crippen LogP contribution is -2.47. The van der Waals surface area contributed by atoms with Crippen LogP contribution in [0.2, 0.25) is 0 Å². The van der Waals surface area contributed by atoms with E-state index < -0.39 is 5.91 Å². The second kappa shape index (κ2) is 9.93. The van der Waals surface area contributed by atoms with Gasteiger partial charge in [-0.3, -0.25) is 10.0 Å². The molecule has 4 N–H and O–H groups in total. The molecule has 3 rings (SSSR count). The Morgan fingerprint density at radius 3 is 2.50 bits per heavy atom. The van der Waals surface area contributed by atoms with Gasteiger partial charge in [0.25, 0.3) is 5.91 Å². The lowest BCUT2D eigenvalue weighted by molar-refractivity contribution is 0.0705.